The first-order valence-electron chi connectivity index (χ1n) is 16.6. The van der Waals surface area contributed by atoms with Crippen LogP contribution in [0.2, 0.25) is 0 Å². The summed E-state index contributed by atoms with van der Waals surface area (Å²) >= 11 is 1.86. The number of hydrogen-bond donors (Lipinski definition) is 0. The van der Waals surface area contributed by atoms with Crippen molar-refractivity contribution in [1.29, 1.82) is 0 Å². The van der Waals surface area contributed by atoms with Crippen molar-refractivity contribution in [3.05, 3.63) is 158 Å². The van der Waals surface area contributed by atoms with Crippen LogP contribution in [0.5, 0.6) is 0 Å². The van der Waals surface area contributed by atoms with Crippen LogP contribution in [-0.4, -0.2) is 0 Å². The van der Waals surface area contributed by atoms with Crippen molar-refractivity contribution in [2.75, 3.05) is 0 Å². The average molecular weight is 643 g/mol. The molecular weight excluding hydrogens is 617 g/mol. The predicted octanol–water partition coefficient (Wildman–Crippen LogP) is 14.0. The average Bonchev–Trinajstić information content (AvgIpc) is 3.83. The van der Waals surface area contributed by atoms with Gasteiger partial charge in [0.05, 0.1) is 0 Å². The van der Waals surface area contributed by atoms with Gasteiger partial charge in [-0.2, -0.15) is 0 Å². The van der Waals surface area contributed by atoms with E-state index in [-0.39, 0.29) is 0 Å². The molecule has 0 fully saturated rings. The van der Waals surface area contributed by atoms with E-state index in [1.807, 2.05) is 23.5 Å². The van der Waals surface area contributed by atoms with Crippen molar-refractivity contribution >= 4 is 86.0 Å². The highest BCUT2D eigenvalue weighted by molar-refractivity contribution is 7.25. The molecule has 0 spiro atoms. The Morgan fingerprint density at radius 3 is 1.65 bits per heavy atom. The zero-order valence-electron chi connectivity index (χ0n) is 26.2. The summed E-state index contributed by atoms with van der Waals surface area (Å²) in [4.78, 5) is 0. The quantitative estimate of drug-likeness (QED) is 0.179. The Morgan fingerprint density at radius 1 is 0.306 bits per heavy atom. The van der Waals surface area contributed by atoms with Crippen molar-refractivity contribution in [1.82, 2.24) is 0 Å². The summed E-state index contributed by atoms with van der Waals surface area (Å²) in [6, 6.07) is 56.5. The monoisotopic (exact) mass is 642 g/mol. The first-order chi connectivity index (χ1) is 24.3. The molecule has 0 bridgehead atoms. The first-order valence-corrected chi connectivity index (χ1v) is 17.4. The van der Waals surface area contributed by atoms with Crippen LogP contribution >= 0.6 is 11.3 Å². The summed E-state index contributed by atoms with van der Waals surface area (Å²) in [6.07, 6.45) is 0. The maximum Gasteiger partial charge on any atom is 0.144 e. The van der Waals surface area contributed by atoms with Crippen LogP contribution in [0.3, 0.4) is 0 Å². The van der Waals surface area contributed by atoms with E-state index in [9.17, 15) is 0 Å². The predicted molar refractivity (Wildman–Crippen MR) is 208 cm³/mol. The molecule has 228 valence electrons. The summed E-state index contributed by atoms with van der Waals surface area (Å²) in [5.41, 5.74) is 8.31. The smallest absolute Gasteiger partial charge is 0.144 e. The highest BCUT2D eigenvalue weighted by Crippen LogP contribution is 2.50. The van der Waals surface area contributed by atoms with Crippen molar-refractivity contribution in [3.8, 4) is 33.6 Å². The highest BCUT2D eigenvalue weighted by Gasteiger charge is 2.25. The third-order valence-electron chi connectivity index (χ3n) is 10.1. The standard InChI is InChI=1S/C46H26O2S/c1-2-12-27(13-3-1)44-37-25-35-29-14-8-10-20-38(29)47-39(35)26-40(37)48-46(44)45-33-18-6-4-16-31(33)43(32-17-5-7-19-34(32)45)28-22-23-42-36(24-28)30-15-9-11-21-41(30)49-42/h1-26H. The van der Waals surface area contributed by atoms with Crippen LogP contribution in [0.25, 0.3) is 108 Å². The topological polar surface area (TPSA) is 26.3 Å². The van der Waals surface area contributed by atoms with Gasteiger partial charge in [-0.1, -0.05) is 121 Å². The Morgan fingerprint density at radius 2 is 0.898 bits per heavy atom. The second kappa shape index (κ2) is 10.2. The minimum atomic E-state index is 0.812. The number of rotatable bonds is 3. The second-order valence-electron chi connectivity index (χ2n) is 12.8. The van der Waals surface area contributed by atoms with Crippen LogP contribution in [-0.2, 0) is 0 Å². The van der Waals surface area contributed by atoms with Crippen molar-refractivity contribution in [2.24, 2.45) is 0 Å². The molecule has 0 N–H and O–H groups in total. The van der Waals surface area contributed by atoms with Gasteiger partial charge >= 0.3 is 0 Å². The van der Waals surface area contributed by atoms with Gasteiger partial charge in [0.15, 0.2) is 0 Å². The third-order valence-corrected chi connectivity index (χ3v) is 11.2. The number of furan rings is 2. The van der Waals surface area contributed by atoms with E-state index in [4.69, 9.17) is 8.83 Å². The Bertz CT molecular complexity index is 3050. The van der Waals surface area contributed by atoms with Crippen LogP contribution in [0.1, 0.15) is 0 Å². The molecule has 3 aromatic heterocycles. The van der Waals surface area contributed by atoms with E-state index in [0.717, 1.165) is 66.1 Å². The number of fused-ring (bicyclic) bond motifs is 9. The zero-order chi connectivity index (χ0) is 32.1. The largest absolute Gasteiger partial charge is 0.456 e. The van der Waals surface area contributed by atoms with Gasteiger partial charge in [-0.25, -0.2) is 0 Å². The summed E-state index contributed by atoms with van der Waals surface area (Å²) in [7, 11) is 0. The molecule has 0 saturated heterocycles. The van der Waals surface area contributed by atoms with E-state index in [0.29, 0.717) is 0 Å². The molecule has 0 saturated carbocycles. The van der Waals surface area contributed by atoms with E-state index >= 15 is 0 Å². The van der Waals surface area contributed by atoms with E-state index in [2.05, 4.69) is 146 Å². The van der Waals surface area contributed by atoms with Crippen molar-refractivity contribution in [2.45, 2.75) is 0 Å². The molecule has 8 aromatic carbocycles. The maximum absolute atomic E-state index is 7.04. The number of para-hydroxylation sites is 1. The van der Waals surface area contributed by atoms with Crippen molar-refractivity contribution in [3.63, 3.8) is 0 Å². The van der Waals surface area contributed by atoms with E-state index in [1.165, 1.54) is 42.1 Å². The zero-order valence-corrected chi connectivity index (χ0v) is 27.1. The Labute approximate surface area is 285 Å². The lowest BCUT2D eigenvalue weighted by Crippen LogP contribution is -1.91. The fraction of sp³-hybridized carbons (Fsp3) is 0. The molecule has 0 atom stereocenters. The molecule has 11 aromatic rings. The van der Waals surface area contributed by atoms with E-state index in [1.54, 1.807) is 0 Å². The molecule has 0 aliphatic rings. The molecule has 0 unspecified atom stereocenters. The van der Waals surface area contributed by atoms with Crippen LogP contribution < -0.4 is 0 Å². The molecule has 0 amide bonds. The van der Waals surface area contributed by atoms with Gasteiger partial charge in [0.2, 0.25) is 0 Å². The molecule has 2 nitrogen and oxygen atoms in total. The summed E-state index contributed by atoms with van der Waals surface area (Å²) in [5.74, 6) is 0.872. The summed E-state index contributed by atoms with van der Waals surface area (Å²) in [5, 5.41) is 10.6. The number of benzene rings is 8. The van der Waals surface area contributed by atoms with Gasteiger partial charge in [0, 0.05) is 53.5 Å². The summed E-state index contributed by atoms with van der Waals surface area (Å²) < 4.78 is 16.0. The molecule has 0 aliphatic carbocycles. The van der Waals surface area contributed by atoms with Gasteiger partial charge in [-0.3, -0.25) is 0 Å². The van der Waals surface area contributed by atoms with E-state index < -0.39 is 0 Å². The Hall–Kier alpha value is -6.16. The lowest BCUT2D eigenvalue weighted by atomic mass is 9.86. The minimum Gasteiger partial charge on any atom is -0.456 e. The molecule has 49 heavy (non-hydrogen) atoms. The van der Waals surface area contributed by atoms with Gasteiger partial charge in [-0.15, -0.1) is 11.3 Å². The second-order valence-corrected chi connectivity index (χ2v) is 13.8. The SMILES string of the molecule is c1ccc(-c2c(-c3c4ccccc4c(-c4ccc5sc6ccccc6c5c4)c4ccccc34)oc3cc4oc5ccccc5c4cc23)cc1. The Balaban J connectivity index is 1.26. The Kier molecular flexibility index (Phi) is 5.57. The van der Waals surface area contributed by atoms with Gasteiger partial charge in [0.25, 0.3) is 0 Å². The first kappa shape index (κ1) is 26.9. The molecule has 11 rings (SSSR count). The van der Waals surface area contributed by atoms with Gasteiger partial charge in [0.1, 0.15) is 22.5 Å². The fourth-order valence-corrected chi connectivity index (χ4v) is 9.04. The lowest BCUT2D eigenvalue weighted by molar-refractivity contribution is 0.630. The van der Waals surface area contributed by atoms with Crippen molar-refractivity contribution < 1.29 is 8.83 Å². The summed E-state index contributed by atoms with van der Waals surface area (Å²) in [6.45, 7) is 0. The third kappa shape index (κ3) is 3.88. The van der Waals surface area contributed by atoms with Crippen LogP contribution in [0.15, 0.2) is 167 Å². The number of thiophene rings is 1. The van der Waals surface area contributed by atoms with Gasteiger partial charge in [-0.05, 0) is 68.6 Å². The van der Waals surface area contributed by atoms with Crippen LogP contribution in [0, 0.1) is 0 Å². The molecule has 0 aliphatic heterocycles. The lowest BCUT2D eigenvalue weighted by Gasteiger charge is -2.17. The molecule has 3 heterocycles. The highest BCUT2D eigenvalue weighted by atomic mass is 32.1. The fourth-order valence-electron chi connectivity index (χ4n) is 7.95. The minimum absolute atomic E-state index is 0.812. The van der Waals surface area contributed by atoms with Crippen LogP contribution in [0.4, 0.5) is 0 Å². The van der Waals surface area contributed by atoms with Gasteiger partial charge < -0.3 is 8.83 Å². The molecule has 0 radical (unpaired) electrons. The number of hydrogen-bond acceptors (Lipinski definition) is 3. The normalized spacial score (nSPS) is 12.1. The molecule has 3 heteroatoms. The molecular formula is C46H26O2S. The maximum atomic E-state index is 7.04.